The van der Waals surface area contributed by atoms with Crippen LogP contribution in [-0.4, -0.2) is 37.8 Å². The van der Waals surface area contributed by atoms with E-state index in [1.807, 2.05) is 37.3 Å². The van der Waals surface area contributed by atoms with Gasteiger partial charge in [-0.1, -0.05) is 53.5 Å². The Hall–Kier alpha value is -4.73. The predicted molar refractivity (Wildman–Crippen MR) is 172 cm³/mol. The van der Waals surface area contributed by atoms with Gasteiger partial charge < -0.3 is 24.3 Å². The minimum absolute atomic E-state index is 0.204. The number of nitrogens with zero attached hydrogens (tertiary/aromatic N) is 1. The number of carbonyl (C=O) groups is 2. The number of nitrogens with one attached hydrogen (secondary N) is 2. The first-order chi connectivity index (χ1) is 21.4. The van der Waals surface area contributed by atoms with E-state index in [1.165, 1.54) is 6.21 Å². The number of rotatable bonds is 14. The van der Waals surface area contributed by atoms with Gasteiger partial charge in [0.2, 0.25) is 0 Å². The van der Waals surface area contributed by atoms with Gasteiger partial charge in [0, 0.05) is 16.3 Å². The minimum Gasteiger partial charge on any atom is -0.490 e. The summed E-state index contributed by atoms with van der Waals surface area (Å²) in [6.45, 7) is 4.45. The first kappa shape index (κ1) is 32.2. The van der Waals surface area contributed by atoms with Gasteiger partial charge in [0.15, 0.2) is 29.6 Å². The van der Waals surface area contributed by atoms with Gasteiger partial charge in [0.25, 0.3) is 11.8 Å². The highest BCUT2D eigenvalue weighted by atomic mass is 35.5. The molecule has 0 aliphatic heterocycles. The smallest absolute Gasteiger partial charge is 0.271 e. The summed E-state index contributed by atoms with van der Waals surface area (Å²) in [4.78, 5) is 25.2. The zero-order valence-electron chi connectivity index (χ0n) is 24.1. The fourth-order valence-electron chi connectivity index (χ4n) is 3.94. The lowest BCUT2D eigenvalue weighted by molar-refractivity contribution is -0.118. The average molecular weight is 637 g/mol. The lowest BCUT2D eigenvalue weighted by atomic mass is 10.2. The standard InChI is InChI=1S/C33H31Cl2N3O6/c1-3-41-29-18-24(10-15-28(29)43-20-22-8-6-5-7-9-22)33(40)38-36-19-23-16-27(35)32(30(17-23)42-4-2)44-21-31(39)37-26-13-11-25(34)12-14-26/h5-19H,3-4,20-21H2,1-2H3,(H,37,39)(H,38,40)/b36-19+. The molecule has 2 N–H and O–H groups in total. The maximum Gasteiger partial charge on any atom is 0.271 e. The summed E-state index contributed by atoms with van der Waals surface area (Å²) in [7, 11) is 0. The second-order valence-electron chi connectivity index (χ2n) is 9.17. The third-order valence-electron chi connectivity index (χ3n) is 5.93. The Morgan fingerprint density at radius 2 is 1.52 bits per heavy atom. The van der Waals surface area contributed by atoms with Crippen molar-refractivity contribution < 1.29 is 28.5 Å². The van der Waals surface area contributed by atoms with Crippen molar-refractivity contribution in [2.24, 2.45) is 5.10 Å². The van der Waals surface area contributed by atoms with Gasteiger partial charge in [0.05, 0.1) is 24.5 Å². The van der Waals surface area contributed by atoms with Crippen molar-refractivity contribution in [1.29, 1.82) is 0 Å². The number of hydrogen-bond acceptors (Lipinski definition) is 7. The van der Waals surface area contributed by atoms with Crippen molar-refractivity contribution in [2.75, 3.05) is 25.1 Å². The van der Waals surface area contributed by atoms with E-state index in [-0.39, 0.29) is 23.3 Å². The van der Waals surface area contributed by atoms with Gasteiger partial charge in [-0.25, -0.2) is 5.43 Å². The summed E-state index contributed by atoms with van der Waals surface area (Å²) in [6, 6.07) is 24.6. The van der Waals surface area contributed by atoms with E-state index in [0.717, 1.165) is 5.56 Å². The van der Waals surface area contributed by atoms with E-state index in [4.69, 9.17) is 42.1 Å². The second-order valence-corrected chi connectivity index (χ2v) is 10.0. The topological polar surface area (TPSA) is 107 Å². The van der Waals surface area contributed by atoms with Gasteiger partial charge >= 0.3 is 0 Å². The fourth-order valence-corrected chi connectivity index (χ4v) is 4.34. The molecule has 0 spiro atoms. The third-order valence-corrected chi connectivity index (χ3v) is 6.46. The van der Waals surface area contributed by atoms with E-state index in [2.05, 4.69) is 15.8 Å². The molecule has 0 heterocycles. The number of ether oxygens (including phenoxy) is 4. The maximum atomic E-state index is 12.8. The molecule has 0 aliphatic rings. The van der Waals surface area contributed by atoms with Crippen LogP contribution in [0.15, 0.2) is 90.0 Å². The van der Waals surface area contributed by atoms with Gasteiger partial charge in [0.1, 0.15) is 6.61 Å². The van der Waals surface area contributed by atoms with Crippen LogP contribution in [0.5, 0.6) is 23.0 Å². The molecule has 44 heavy (non-hydrogen) atoms. The average Bonchev–Trinajstić information content (AvgIpc) is 3.02. The molecule has 0 saturated carbocycles. The number of amides is 2. The summed E-state index contributed by atoms with van der Waals surface area (Å²) < 4.78 is 23.0. The molecule has 0 fully saturated rings. The first-order valence-corrected chi connectivity index (χ1v) is 14.5. The Labute approximate surface area is 265 Å². The fraction of sp³-hybridized carbons (Fsp3) is 0.182. The number of benzene rings is 4. The SMILES string of the molecule is CCOc1cc(C(=O)N/N=C/c2cc(Cl)c(OCC(=O)Nc3ccc(Cl)cc3)c(OCC)c2)ccc1OCc1ccccc1. The highest BCUT2D eigenvalue weighted by Gasteiger charge is 2.15. The molecular formula is C33H31Cl2N3O6. The monoisotopic (exact) mass is 635 g/mol. The zero-order chi connectivity index (χ0) is 31.3. The molecule has 9 nitrogen and oxygen atoms in total. The summed E-state index contributed by atoms with van der Waals surface area (Å²) in [5.41, 5.74) is 4.97. The Kier molecular flexibility index (Phi) is 11.9. The van der Waals surface area contributed by atoms with Crippen LogP contribution >= 0.6 is 23.2 Å². The van der Waals surface area contributed by atoms with E-state index < -0.39 is 5.91 Å². The summed E-state index contributed by atoms with van der Waals surface area (Å²) in [5, 5.41) is 7.55. The van der Waals surface area contributed by atoms with E-state index >= 15 is 0 Å². The Balaban J connectivity index is 1.38. The third kappa shape index (κ3) is 9.39. The van der Waals surface area contributed by atoms with Crippen molar-refractivity contribution in [3.63, 3.8) is 0 Å². The number of anilines is 1. The Morgan fingerprint density at radius 1 is 0.795 bits per heavy atom. The van der Waals surface area contributed by atoms with Gasteiger partial charge in [-0.3, -0.25) is 9.59 Å². The number of hydrogen-bond donors (Lipinski definition) is 2. The molecule has 228 valence electrons. The molecular weight excluding hydrogens is 605 g/mol. The molecule has 0 saturated heterocycles. The van der Waals surface area contributed by atoms with Crippen LogP contribution < -0.4 is 29.7 Å². The molecule has 0 bridgehead atoms. The molecule has 4 aromatic carbocycles. The quantitative estimate of drug-likeness (QED) is 0.112. The van der Waals surface area contributed by atoms with Crippen molar-refractivity contribution in [3.8, 4) is 23.0 Å². The maximum absolute atomic E-state index is 12.8. The van der Waals surface area contributed by atoms with E-state index in [9.17, 15) is 9.59 Å². The molecule has 2 amide bonds. The lowest BCUT2D eigenvalue weighted by Gasteiger charge is -2.14. The normalized spacial score (nSPS) is 10.7. The number of hydrazone groups is 1. The van der Waals surface area contributed by atoms with Crippen molar-refractivity contribution in [2.45, 2.75) is 20.5 Å². The van der Waals surface area contributed by atoms with Crippen molar-refractivity contribution in [3.05, 3.63) is 112 Å². The molecule has 0 aliphatic carbocycles. The Morgan fingerprint density at radius 3 is 2.25 bits per heavy atom. The first-order valence-electron chi connectivity index (χ1n) is 13.8. The number of carbonyl (C=O) groups excluding carboxylic acids is 2. The molecule has 0 radical (unpaired) electrons. The Bertz CT molecular complexity index is 1600. The molecule has 0 atom stereocenters. The zero-order valence-corrected chi connectivity index (χ0v) is 25.7. The molecule has 4 rings (SSSR count). The highest BCUT2D eigenvalue weighted by Crippen LogP contribution is 2.36. The van der Waals surface area contributed by atoms with Crippen LogP contribution in [0.1, 0.15) is 35.3 Å². The van der Waals surface area contributed by atoms with Crippen LogP contribution in [0.3, 0.4) is 0 Å². The number of halogens is 2. The minimum atomic E-state index is -0.445. The van der Waals surface area contributed by atoms with E-state index in [1.54, 1.807) is 61.5 Å². The molecule has 0 aromatic heterocycles. The largest absolute Gasteiger partial charge is 0.490 e. The molecule has 11 heteroatoms. The van der Waals surface area contributed by atoms with Gasteiger partial charge in [-0.15, -0.1) is 0 Å². The molecule has 4 aromatic rings. The van der Waals surface area contributed by atoms with Gasteiger partial charge in [-0.2, -0.15) is 5.10 Å². The van der Waals surface area contributed by atoms with Crippen LogP contribution in [0.25, 0.3) is 0 Å². The van der Waals surface area contributed by atoms with Gasteiger partial charge in [-0.05, 0) is 79.6 Å². The van der Waals surface area contributed by atoms with E-state index in [0.29, 0.717) is 58.9 Å². The van der Waals surface area contributed by atoms with Crippen molar-refractivity contribution in [1.82, 2.24) is 5.43 Å². The van der Waals surface area contributed by atoms with Crippen LogP contribution in [-0.2, 0) is 11.4 Å². The van der Waals surface area contributed by atoms with Crippen molar-refractivity contribution >= 4 is 46.9 Å². The highest BCUT2D eigenvalue weighted by molar-refractivity contribution is 6.32. The van der Waals surface area contributed by atoms with Crippen LogP contribution in [0, 0.1) is 0 Å². The van der Waals surface area contributed by atoms with Crippen LogP contribution in [0.2, 0.25) is 10.0 Å². The summed E-state index contributed by atoms with van der Waals surface area (Å²) in [5.74, 6) is 0.671. The lowest BCUT2D eigenvalue weighted by Crippen LogP contribution is -2.20. The predicted octanol–water partition coefficient (Wildman–Crippen LogP) is 7.15. The molecule has 0 unspecified atom stereocenters. The summed E-state index contributed by atoms with van der Waals surface area (Å²) in [6.07, 6.45) is 1.42. The summed E-state index contributed by atoms with van der Waals surface area (Å²) >= 11 is 12.4. The van der Waals surface area contributed by atoms with Crippen LogP contribution in [0.4, 0.5) is 5.69 Å². The second kappa shape index (κ2) is 16.2.